The third-order valence-corrected chi connectivity index (χ3v) is 11.1. The highest BCUT2D eigenvalue weighted by Crippen LogP contribution is 2.53. The zero-order valence-corrected chi connectivity index (χ0v) is 29.1. The summed E-state index contributed by atoms with van der Waals surface area (Å²) in [6, 6.07) is 4.40. The lowest BCUT2D eigenvalue weighted by Gasteiger charge is -2.57. The molecule has 1 aromatic rings. The van der Waals surface area contributed by atoms with Gasteiger partial charge in [-0.1, -0.05) is 27.7 Å². The van der Waals surface area contributed by atoms with Crippen LogP contribution in [0.2, 0.25) is 0 Å². The van der Waals surface area contributed by atoms with E-state index in [1.54, 1.807) is 24.3 Å². The highest BCUT2D eigenvalue weighted by atomic mass is 16.2. The summed E-state index contributed by atoms with van der Waals surface area (Å²) < 4.78 is 0. The third-order valence-electron chi connectivity index (χ3n) is 11.1. The molecule has 4 fully saturated rings. The molecule has 13 nitrogen and oxygen atoms in total. The second-order valence-corrected chi connectivity index (χ2v) is 15.7. The van der Waals surface area contributed by atoms with Crippen LogP contribution in [0, 0.1) is 16.7 Å². The largest absolute Gasteiger partial charge is 0.394 e. The van der Waals surface area contributed by atoms with Crippen LogP contribution in [0.1, 0.15) is 80.5 Å². The first-order valence-corrected chi connectivity index (χ1v) is 17.5. The average Bonchev–Trinajstić information content (AvgIpc) is 3.30. The molecule has 0 bridgehead atoms. The molecular weight excluding hydrogens is 624 g/mol. The van der Waals surface area contributed by atoms with E-state index in [1.807, 2.05) is 6.07 Å². The smallest absolute Gasteiger partial charge is 0.267 e. The molecule has 264 valence electrons. The zero-order chi connectivity index (χ0) is 35.2. The topological polar surface area (TPSA) is 174 Å². The van der Waals surface area contributed by atoms with Crippen LogP contribution in [-0.4, -0.2) is 102 Å². The number of nitrogens with one attached hydrogen (secondary N) is 2. The van der Waals surface area contributed by atoms with Crippen LogP contribution in [-0.2, 0) is 14.4 Å². The van der Waals surface area contributed by atoms with Crippen LogP contribution in [0.25, 0.3) is 0 Å². The van der Waals surface area contributed by atoms with Crippen molar-refractivity contribution in [3.8, 4) is 0 Å². The quantitative estimate of drug-likeness (QED) is 0.180. The molecule has 3 saturated heterocycles. The fourth-order valence-corrected chi connectivity index (χ4v) is 8.85. The molecule has 0 radical (unpaired) electrons. The van der Waals surface area contributed by atoms with Crippen molar-refractivity contribution in [2.45, 2.75) is 71.9 Å². The first-order chi connectivity index (χ1) is 23.1. The van der Waals surface area contributed by atoms with Crippen LogP contribution in [0.3, 0.4) is 0 Å². The van der Waals surface area contributed by atoms with Crippen LogP contribution in [0.15, 0.2) is 41.9 Å². The molecule has 1 aliphatic carbocycles. The molecule has 0 aromatic heterocycles. The lowest BCUT2D eigenvalue weighted by Crippen LogP contribution is -2.63. The number of benzene rings is 1. The van der Waals surface area contributed by atoms with Crippen LogP contribution < -0.4 is 27.0 Å². The Bertz CT molecular complexity index is 1590. The van der Waals surface area contributed by atoms with Crippen molar-refractivity contribution in [2.75, 3.05) is 50.7 Å². The number of nitrogens with zero attached hydrogens (tertiary/aromatic N) is 4. The molecule has 6 rings (SSSR count). The van der Waals surface area contributed by atoms with Crippen LogP contribution >= 0.6 is 0 Å². The Hall–Kier alpha value is -4.39. The lowest BCUT2D eigenvalue weighted by molar-refractivity contribution is -0.136. The summed E-state index contributed by atoms with van der Waals surface area (Å²) in [6.07, 6.45) is 6.66. The van der Waals surface area contributed by atoms with Gasteiger partial charge in [-0.05, 0) is 72.8 Å². The number of hydrogen-bond acceptors (Lipinski definition) is 10. The minimum absolute atomic E-state index is 0.0455. The minimum atomic E-state index is -0.970. The van der Waals surface area contributed by atoms with Gasteiger partial charge in [0.05, 0.1) is 22.6 Å². The number of hydrogen-bond donors (Lipinski definition) is 4. The molecule has 4 aliphatic heterocycles. The van der Waals surface area contributed by atoms with Gasteiger partial charge >= 0.3 is 0 Å². The number of rotatable bonds is 8. The second kappa shape index (κ2) is 13.1. The third kappa shape index (κ3) is 6.90. The molecule has 1 aromatic carbocycles. The van der Waals surface area contributed by atoms with Gasteiger partial charge in [0, 0.05) is 64.0 Å². The van der Waals surface area contributed by atoms with Gasteiger partial charge < -0.3 is 26.6 Å². The highest BCUT2D eigenvalue weighted by Gasteiger charge is 2.53. The number of likely N-dealkylation sites (tertiary alicyclic amines) is 1. The fraction of sp³-hybridized carbons (Fsp3) is 0.583. The number of anilines is 1. The number of carbonyl (C=O) groups excluding carboxylic acids is 5. The van der Waals surface area contributed by atoms with Crippen molar-refractivity contribution in [1.29, 1.82) is 0 Å². The Balaban J connectivity index is 0.955. The van der Waals surface area contributed by atoms with E-state index in [0.717, 1.165) is 75.7 Å². The Labute approximate surface area is 288 Å². The Morgan fingerprint density at radius 1 is 0.898 bits per heavy atom. The fourth-order valence-electron chi connectivity index (χ4n) is 8.85. The average molecular weight is 675 g/mol. The molecule has 5 amide bonds. The lowest BCUT2D eigenvalue weighted by atomic mass is 9.52. The van der Waals surface area contributed by atoms with E-state index in [4.69, 9.17) is 11.5 Å². The van der Waals surface area contributed by atoms with E-state index in [1.165, 1.54) is 0 Å². The minimum Gasteiger partial charge on any atom is -0.394 e. The van der Waals surface area contributed by atoms with Gasteiger partial charge in [0.25, 0.3) is 17.7 Å². The van der Waals surface area contributed by atoms with Crippen molar-refractivity contribution in [1.82, 2.24) is 25.3 Å². The molecule has 1 atom stereocenters. The molecular formula is C36H50N8O5. The van der Waals surface area contributed by atoms with Gasteiger partial charge in [0.1, 0.15) is 6.04 Å². The number of imide groups is 2. The summed E-state index contributed by atoms with van der Waals surface area (Å²) in [4.78, 5) is 70.9. The van der Waals surface area contributed by atoms with Crippen molar-refractivity contribution < 1.29 is 24.0 Å². The first kappa shape index (κ1) is 34.5. The molecule has 13 heteroatoms. The van der Waals surface area contributed by atoms with Crippen molar-refractivity contribution in [3.63, 3.8) is 0 Å². The van der Waals surface area contributed by atoms with E-state index in [9.17, 15) is 24.0 Å². The van der Waals surface area contributed by atoms with E-state index in [2.05, 4.69) is 53.0 Å². The van der Waals surface area contributed by atoms with Gasteiger partial charge in [0.15, 0.2) is 0 Å². The van der Waals surface area contributed by atoms with Gasteiger partial charge in [-0.25, -0.2) is 0 Å². The van der Waals surface area contributed by atoms with Crippen LogP contribution in [0.4, 0.5) is 5.69 Å². The van der Waals surface area contributed by atoms with Crippen LogP contribution in [0.5, 0.6) is 0 Å². The monoisotopic (exact) mass is 674 g/mol. The van der Waals surface area contributed by atoms with Gasteiger partial charge in [0.2, 0.25) is 11.8 Å². The SMILES string of the molecule is CC1(C)CC(C)(C)C1NC(=O)/C(N)=C/C=C(\N)N1CCC(CN2CCN(c3ccc4c(c3)C(=O)N(C3CCC(=O)NC3=O)C4=O)CC2)CC1. The number of piperazine rings is 1. The van der Waals surface area contributed by atoms with Gasteiger partial charge in [-0.15, -0.1) is 0 Å². The van der Waals surface area contributed by atoms with E-state index in [0.29, 0.717) is 22.9 Å². The van der Waals surface area contributed by atoms with Crippen molar-refractivity contribution >= 4 is 35.2 Å². The van der Waals surface area contributed by atoms with E-state index < -0.39 is 29.7 Å². The number of carbonyl (C=O) groups is 5. The Kier molecular flexibility index (Phi) is 9.25. The highest BCUT2D eigenvalue weighted by molar-refractivity contribution is 6.23. The van der Waals surface area contributed by atoms with Crippen molar-refractivity contribution in [3.05, 3.63) is 53.0 Å². The summed E-state index contributed by atoms with van der Waals surface area (Å²) in [5.41, 5.74) is 14.2. The maximum Gasteiger partial charge on any atom is 0.267 e. The number of fused-ring (bicyclic) bond motifs is 1. The summed E-state index contributed by atoms with van der Waals surface area (Å²) in [5.74, 6) is -1.07. The second-order valence-electron chi connectivity index (χ2n) is 15.7. The number of amides is 5. The molecule has 6 N–H and O–H groups in total. The molecule has 1 saturated carbocycles. The summed E-state index contributed by atoms with van der Waals surface area (Å²) in [5, 5.41) is 5.35. The first-order valence-electron chi connectivity index (χ1n) is 17.5. The van der Waals surface area contributed by atoms with E-state index >= 15 is 0 Å². The zero-order valence-electron chi connectivity index (χ0n) is 29.1. The number of nitrogens with two attached hydrogens (primary N) is 2. The van der Waals surface area contributed by atoms with Gasteiger partial charge in [-0.3, -0.25) is 39.1 Å². The summed E-state index contributed by atoms with van der Waals surface area (Å²) in [7, 11) is 0. The number of piperidine rings is 2. The molecule has 1 unspecified atom stereocenters. The molecule has 5 aliphatic rings. The maximum atomic E-state index is 13.3. The number of allylic oxidation sites excluding steroid dienone is 2. The summed E-state index contributed by atoms with van der Waals surface area (Å²) in [6.45, 7) is 14.7. The van der Waals surface area contributed by atoms with Gasteiger partial charge in [-0.2, -0.15) is 0 Å². The molecule has 49 heavy (non-hydrogen) atoms. The van der Waals surface area contributed by atoms with Crippen molar-refractivity contribution in [2.24, 2.45) is 28.2 Å². The Morgan fingerprint density at radius 3 is 2.18 bits per heavy atom. The molecule has 4 heterocycles. The Morgan fingerprint density at radius 2 is 1.55 bits per heavy atom. The normalized spacial score (nSPS) is 25.3. The maximum absolute atomic E-state index is 13.3. The standard InChI is InChI=1S/C36H50N8O5/c1-35(2)21-36(3,4)34(35)40-30(46)26(37)7-9-28(38)43-13-11-22(12-14-43)20-41-15-17-42(18-16-41)23-5-6-24-25(19-23)33(49)44(32(24)48)27-8-10-29(45)39-31(27)47/h5-7,9,19,22,27,34H,8,10-18,20-21,37-38H2,1-4H3,(H,40,46)(H,39,45,47)/b26-7-,28-9+. The predicted molar refractivity (Wildman–Crippen MR) is 185 cm³/mol. The summed E-state index contributed by atoms with van der Waals surface area (Å²) >= 11 is 0. The molecule has 0 spiro atoms. The van der Waals surface area contributed by atoms with E-state index in [-0.39, 0.29) is 41.3 Å². The predicted octanol–water partition coefficient (Wildman–Crippen LogP) is 1.51.